The van der Waals surface area contributed by atoms with E-state index in [0.717, 1.165) is 11.3 Å². The van der Waals surface area contributed by atoms with Gasteiger partial charge in [0.25, 0.3) is 5.91 Å². The van der Waals surface area contributed by atoms with E-state index in [1.54, 1.807) is 34.8 Å². The molecule has 3 aromatic rings. The van der Waals surface area contributed by atoms with Crippen molar-refractivity contribution in [3.8, 4) is 5.69 Å². The molecule has 1 aromatic heterocycles. The molecule has 7 heteroatoms. The fourth-order valence-corrected chi connectivity index (χ4v) is 2.78. The Hall–Kier alpha value is -3.12. The number of hydrogen-bond donors (Lipinski definition) is 1. The van der Waals surface area contributed by atoms with E-state index in [2.05, 4.69) is 10.4 Å². The topological polar surface area (TPSA) is 67.2 Å². The summed E-state index contributed by atoms with van der Waals surface area (Å²) in [6.07, 6.45) is 0. The van der Waals surface area contributed by atoms with Gasteiger partial charge in [0.05, 0.1) is 5.69 Å². The first-order chi connectivity index (χ1) is 12.9. The molecular formula is C20H19ClN4O2. The molecule has 0 aliphatic heterocycles. The average molecular weight is 383 g/mol. The van der Waals surface area contributed by atoms with E-state index in [0.29, 0.717) is 17.4 Å². The molecule has 0 atom stereocenters. The predicted molar refractivity (Wildman–Crippen MR) is 105 cm³/mol. The van der Waals surface area contributed by atoms with Gasteiger partial charge in [0.2, 0.25) is 5.91 Å². The lowest BCUT2D eigenvalue weighted by atomic mass is 10.2. The third kappa shape index (κ3) is 4.54. The number of hydrogen-bond acceptors (Lipinski definition) is 3. The van der Waals surface area contributed by atoms with Crippen LogP contribution in [0.25, 0.3) is 5.69 Å². The lowest BCUT2D eigenvalue weighted by Crippen LogP contribution is -2.26. The van der Waals surface area contributed by atoms with E-state index in [-0.39, 0.29) is 17.5 Å². The second kappa shape index (κ2) is 8.05. The van der Waals surface area contributed by atoms with Gasteiger partial charge in [-0.3, -0.25) is 9.59 Å². The molecule has 27 heavy (non-hydrogen) atoms. The van der Waals surface area contributed by atoms with Gasteiger partial charge in [0.1, 0.15) is 5.82 Å². The Morgan fingerprint density at radius 2 is 1.78 bits per heavy atom. The molecule has 6 nitrogen and oxygen atoms in total. The summed E-state index contributed by atoms with van der Waals surface area (Å²) in [5.41, 5.74) is 1.96. The SMILES string of the molecule is CC(=O)Nc1cc(C(=O)N(C)Cc2ccc(Cl)cc2)nn1-c1ccccc1. The Labute approximate surface area is 162 Å². The number of anilines is 1. The summed E-state index contributed by atoms with van der Waals surface area (Å²) >= 11 is 5.90. The highest BCUT2D eigenvalue weighted by Crippen LogP contribution is 2.19. The summed E-state index contributed by atoms with van der Waals surface area (Å²) in [7, 11) is 1.70. The van der Waals surface area contributed by atoms with Gasteiger partial charge in [-0.2, -0.15) is 5.10 Å². The summed E-state index contributed by atoms with van der Waals surface area (Å²) in [6.45, 7) is 1.83. The lowest BCUT2D eigenvalue weighted by molar-refractivity contribution is -0.114. The van der Waals surface area contributed by atoms with Crippen LogP contribution in [-0.4, -0.2) is 33.5 Å². The van der Waals surface area contributed by atoms with Crippen molar-refractivity contribution in [1.82, 2.24) is 14.7 Å². The smallest absolute Gasteiger partial charge is 0.274 e. The van der Waals surface area contributed by atoms with Crippen molar-refractivity contribution in [2.24, 2.45) is 0 Å². The molecule has 0 saturated heterocycles. The zero-order valence-corrected chi connectivity index (χ0v) is 15.8. The maximum absolute atomic E-state index is 12.8. The molecule has 1 heterocycles. The van der Waals surface area contributed by atoms with Crippen LogP contribution in [0, 0.1) is 0 Å². The molecule has 2 amide bonds. The molecular weight excluding hydrogens is 364 g/mol. The number of carbonyl (C=O) groups is 2. The number of rotatable bonds is 5. The van der Waals surface area contributed by atoms with Crippen LogP contribution in [0.3, 0.4) is 0 Å². The largest absolute Gasteiger partial charge is 0.336 e. The van der Waals surface area contributed by atoms with Crippen molar-refractivity contribution in [3.05, 3.63) is 76.9 Å². The van der Waals surface area contributed by atoms with Gasteiger partial charge < -0.3 is 10.2 Å². The standard InChI is InChI=1S/C20H19ClN4O2/c1-14(26)22-19-12-18(23-25(19)17-6-4-3-5-7-17)20(27)24(2)13-15-8-10-16(21)11-9-15/h3-12H,13H2,1-2H3,(H,22,26). The Morgan fingerprint density at radius 3 is 2.41 bits per heavy atom. The van der Waals surface area contributed by atoms with Gasteiger partial charge in [-0.1, -0.05) is 41.9 Å². The molecule has 0 spiro atoms. The van der Waals surface area contributed by atoms with Gasteiger partial charge in [-0.15, -0.1) is 0 Å². The molecule has 138 valence electrons. The van der Waals surface area contributed by atoms with Crippen molar-refractivity contribution in [2.45, 2.75) is 13.5 Å². The van der Waals surface area contributed by atoms with Crippen LogP contribution >= 0.6 is 11.6 Å². The van der Waals surface area contributed by atoms with Crippen LogP contribution in [0.15, 0.2) is 60.7 Å². The molecule has 0 unspecified atom stereocenters. The quantitative estimate of drug-likeness (QED) is 0.730. The number of para-hydroxylation sites is 1. The predicted octanol–water partition coefficient (Wildman–Crippen LogP) is 3.76. The highest BCUT2D eigenvalue weighted by atomic mass is 35.5. The normalized spacial score (nSPS) is 10.5. The van der Waals surface area contributed by atoms with Crippen LogP contribution in [0.5, 0.6) is 0 Å². The highest BCUT2D eigenvalue weighted by molar-refractivity contribution is 6.30. The molecule has 0 fully saturated rings. The van der Waals surface area contributed by atoms with E-state index in [4.69, 9.17) is 11.6 Å². The fraction of sp³-hybridized carbons (Fsp3) is 0.150. The summed E-state index contributed by atoms with van der Waals surface area (Å²) in [5.74, 6) is -0.0382. The van der Waals surface area contributed by atoms with E-state index in [1.807, 2.05) is 42.5 Å². The maximum atomic E-state index is 12.8. The molecule has 0 radical (unpaired) electrons. The van der Waals surface area contributed by atoms with Crippen LogP contribution in [0.4, 0.5) is 5.82 Å². The van der Waals surface area contributed by atoms with Gasteiger partial charge >= 0.3 is 0 Å². The first kappa shape index (κ1) is 18.7. The van der Waals surface area contributed by atoms with Crippen molar-refractivity contribution >= 4 is 29.2 Å². The number of nitrogens with zero attached hydrogens (tertiary/aromatic N) is 3. The van der Waals surface area contributed by atoms with Crippen LogP contribution in [-0.2, 0) is 11.3 Å². The fourth-order valence-electron chi connectivity index (χ4n) is 2.65. The Balaban J connectivity index is 1.86. The first-order valence-electron chi connectivity index (χ1n) is 8.37. The third-order valence-electron chi connectivity index (χ3n) is 3.91. The number of halogens is 1. The Bertz CT molecular complexity index is 952. The minimum atomic E-state index is -0.244. The van der Waals surface area contributed by atoms with E-state index in [9.17, 15) is 9.59 Å². The van der Waals surface area contributed by atoms with Gasteiger partial charge in [0.15, 0.2) is 5.69 Å². The third-order valence-corrected chi connectivity index (χ3v) is 4.17. The van der Waals surface area contributed by atoms with Crippen LogP contribution < -0.4 is 5.32 Å². The number of nitrogens with one attached hydrogen (secondary N) is 1. The summed E-state index contributed by atoms with van der Waals surface area (Å²) in [5, 5.41) is 7.77. The number of aromatic nitrogens is 2. The average Bonchev–Trinajstić information content (AvgIpc) is 3.06. The van der Waals surface area contributed by atoms with E-state index in [1.165, 1.54) is 6.92 Å². The van der Waals surface area contributed by atoms with Crippen LogP contribution in [0.1, 0.15) is 23.0 Å². The summed E-state index contributed by atoms with van der Waals surface area (Å²) in [6, 6.07) is 18.2. The highest BCUT2D eigenvalue weighted by Gasteiger charge is 2.19. The van der Waals surface area contributed by atoms with Crippen molar-refractivity contribution in [1.29, 1.82) is 0 Å². The van der Waals surface area contributed by atoms with Crippen molar-refractivity contribution < 1.29 is 9.59 Å². The minimum absolute atomic E-state index is 0.236. The second-order valence-corrected chi connectivity index (χ2v) is 6.57. The number of benzene rings is 2. The van der Waals surface area contributed by atoms with Gasteiger partial charge in [-0.05, 0) is 29.8 Å². The second-order valence-electron chi connectivity index (χ2n) is 6.13. The maximum Gasteiger partial charge on any atom is 0.274 e. The lowest BCUT2D eigenvalue weighted by Gasteiger charge is -2.15. The Kier molecular flexibility index (Phi) is 5.57. The Morgan fingerprint density at radius 1 is 1.11 bits per heavy atom. The molecule has 1 N–H and O–H groups in total. The monoisotopic (exact) mass is 382 g/mol. The van der Waals surface area contributed by atoms with Gasteiger partial charge in [-0.25, -0.2) is 4.68 Å². The molecule has 0 bridgehead atoms. The zero-order chi connectivity index (χ0) is 19.4. The molecule has 2 aromatic carbocycles. The van der Waals surface area contributed by atoms with Crippen molar-refractivity contribution in [3.63, 3.8) is 0 Å². The van der Waals surface area contributed by atoms with Gasteiger partial charge in [0, 0.05) is 31.6 Å². The minimum Gasteiger partial charge on any atom is -0.336 e. The van der Waals surface area contributed by atoms with E-state index >= 15 is 0 Å². The molecule has 3 rings (SSSR count). The van der Waals surface area contributed by atoms with Crippen molar-refractivity contribution in [2.75, 3.05) is 12.4 Å². The molecule has 0 aliphatic carbocycles. The first-order valence-corrected chi connectivity index (χ1v) is 8.75. The molecule has 0 aliphatic rings. The summed E-state index contributed by atoms with van der Waals surface area (Å²) in [4.78, 5) is 25.9. The van der Waals surface area contributed by atoms with Crippen LogP contribution in [0.2, 0.25) is 5.02 Å². The number of amides is 2. The number of carbonyl (C=O) groups excluding carboxylic acids is 2. The molecule has 0 saturated carbocycles. The zero-order valence-electron chi connectivity index (χ0n) is 15.0. The van der Waals surface area contributed by atoms with E-state index < -0.39 is 0 Å². The summed E-state index contributed by atoms with van der Waals surface area (Å²) < 4.78 is 1.55.